The Labute approximate surface area is 140 Å². The van der Waals surface area contributed by atoms with Gasteiger partial charge in [0.1, 0.15) is 11.7 Å². The highest BCUT2D eigenvalue weighted by molar-refractivity contribution is 6.33. The number of amidine groups is 1. The minimum Gasteiger partial charge on any atom is -0.354 e. The zero-order valence-electron chi connectivity index (χ0n) is 12.9. The molecule has 0 bridgehead atoms. The van der Waals surface area contributed by atoms with Gasteiger partial charge in [0.15, 0.2) is 0 Å². The quantitative estimate of drug-likeness (QED) is 0.679. The van der Waals surface area contributed by atoms with Gasteiger partial charge in [0, 0.05) is 50.6 Å². The summed E-state index contributed by atoms with van der Waals surface area (Å²) in [5, 5.41) is 3.73. The van der Waals surface area contributed by atoms with E-state index in [1.54, 1.807) is 37.5 Å². The maximum Gasteiger partial charge on any atom is 0.132 e. The summed E-state index contributed by atoms with van der Waals surface area (Å²) < 4.78 is 13.9. The molecule has 1 fully saturated rings. The van der Waals surface area contributed by atoms with E-state index in [0.717, 1.165) is 37.6 Å². The van der Waals surface area contributed by atoms with Crippen molar-refractivity contribution in [2.24, 2.45) is 4.99 Å². The first-order chi connectivity index (χ1) is 11.2. The number of benzene rings is 1. The average Bonchev–Trinajstić information content (AvgIpc) is 2.58. The lowest BCUT2D eigenvalue weighted by Crippen LogP contribution is -2.46. The highest BCUT2D eigenvalue weighted by Crippen LogP contribution is 2.28. The molecule has 3 rings (SSSR count). The maximum atomic E-state index is 13.9. The minimum atomic E-state index is -0.332. The third-order valence-corrected chi connectivity index (χ3v) is 4.14. The van der Waals surface area contributed by atoms with E-state index < -0.39 is 0 Å². The lowest BCUT2D eigenvalue weighted by Gasteiger charge is -2.30. The molecule has 2 heterocycles. The van der Waals surface area contributed by atoms with Crippen molar-refractivity contribution in [3.05, 3.63) is 52.9 Å². The molecule has 1 aromatic carbocycles. The first-order valence-electron chi connectivity index (χ1n) is 7.54. The van der Waals surface area contributed by atoms with E-state index in [2.05, 4.69) is 20.2 Å². The van der Waals surface area contributed by atoms with Gasteiger partial charge in [-0.3, -0.25) is 9.98 Å². The number of aromatic nitrogens is 1. The molecule has 0 atom stereocenters. The fraction of sp³-hybridized carbons (Fsp3) is 0.294. The molecule has 0 radical (unpaired) electrons. The topological polar surface area (TPSA) is 40.5 Å². The van der Waals surface area contributed by atoms with Gasteiger partial charge in [-0.2, -0.15) is 0 Å². The molecule has 0 saturated carbocycles. The van der Waals surface area contributed by atoms with E-state index in [4.69, 9.17) is 11.6 Å². The Balaban J connectivity index is 1.94. The van der Waals surface area contributed by atoms with Crippen molar-refractivity contribution in [2.45, 2.75) is 0 Å². The van der Waals surface area contributed by atoms with Gasteiger partial charge in [-0.25, -0.2) is 4.39 Å². The van der Waals surface area contributed by atoms with Crippen LogP contribution in [-0.4, -0.2) is 48.9 Å². The van der Waals surface area contributed by atoms with E-state index in [0.29, 0.717) is 16.3 Å². The van der Waals surface area contributed by atoms with Crippen LogP contribution in [0.3, 0.4) is 0 Å². The standard InChI is InChI=1S/C17H18ClFN4/c1-20-17(23-8-6-21-7-9-23)12-10-14(18)16(22-11-12)13-4-2-3-5-15(13)19/h2-5,10-11,21H,6-9H2,1H3/b20-17+. The summed E-state index contributed by atoms with van der Waals surface area (Å²) in [5.74, 6) is 0.530. The van der Waals surface area contributed by atoms with Crippen molar-refractivity contribution >= 4 is 17.4 Å². The van der Waals surface area contributed by atoms with Crippen molar-refractivity contribution < 1.29 is 4.39 Å². The van der Waals surface area contributed by atoms with E-state index in [9.17, 15) is 4.39 Å². The van der Waals surface area contributed by atoms with Crippen molar-refractivity contribution in [3.63, 3.8) is 0 Å². The third kappa shape index (κ3) is 3.35. The van der Waals surface area contributed by atoms with Crippen LogP contribution in [0.5, 0.6) is 0 Å². The van der Waals surface area contributed by atoms with Crippen molar-refractivity contribution in [1.29, 1.82) is 0 Å². The molecule has 0 unspecified atom stereocenters. The summed E-state index contributed by atoms with van der Waals surface area (Å²) >= 11 is 6.36. The molecule has 0 spiro atoms. The van der Waals surface area contributed by atoms with Crippen LogP contribution >= 0.6 is 11.6 Å². The lowest BCUT2D eigenvalue weighted by atomic mass is 10.1. The van der Waals surface area contributed by atoms with Crippen molar-refractivity contribution in [3.8, 4) is 11.3 Å². The number of hydrogen-bond donors (Lipinski definition) is 1. The number of rotatable bonds is 2. The maximum absolute atomic E-state index is 13.9. The van der Waals surface area contributed by atoms with Gasteiger partial charge in [-0.05, 0) is 18.2 Å². The zero-order chi connectivity index (χ0) is 16.2. The Bertz CT molecular complexity index is 726. The molecule has 6 heteroatoms. The van der Waals surface area contributed by atoms with Gasteiger partial charge in [0.2, 0.25) is 0 Å². The number of nitrogens with one attached hydrogen (secondary N) is 1. The van der Waals surface area contributed by atoms with Gasteiger partial charge in [-0.15, -0.1) is 0 Å². The molecule has 1 aromatic heterocycles. The van der Waals surface area contributed by atoms with Crippen LogP contribution in [0.1, 0.15) is 5.56 Å². The Morgan fingerprint density at radius 1 is 1.30 bits per heavy atom. The SMILES string of the molecule is C/N=C(\c1cnc(-c2ccccc2F)c(Cl)c1)N1CCNCC1. The second kappa shape index (κ2) is 7.06. The molecule has 4 nitrogen and oxygen atoms in total. The zero-order valence-corrected chi connectivity index (χ0v) is 13.6. The van der Waals surface area contributed by atoms with Gasteiger partial charge in [0.25, 0.3) is 0 Å². The number of halogens is 2. The van der Waals surface area contributed by atoms with E-state index in [1.807, 2.05) is 0 Å². The summed E-state index contributed by atoms with van der Waals surface area (Å²) in [7, 11) is 1.76. The third-order valence-electron chi connectivity index (χ3n) is 3.86. The smallest absolute Gasteiger partial charge is 0.132 e. The number of piperazine rings is 1. The monoisotopic (exact) mass is 332 g/mol. The Kier molecular flexibility index (Phi) is 4.88. The lowest BCUT2D eigenvalue weighted by molar-refractivity contribution is 0.357. The van der Waals surface area contributed by atoms with Crippen LogP contribution in [0.15, 0.2) is 41.5 Å². The number of nitrogens with zero attached hydrogens (tertiary/aromatic N) is 3. The summed E-state index contributed by atoms with van der Waals surface area (Å²) in [6.45, 7) is 3.62. The Morgan fingerprint density at radius 3 is 2.70 bits per heavy atom. The normalized spacial score (nSPS) is 15.8. The summed E-state index contributed by atoms with van der Waals surface area (Å²) in [4.78, 5) is 11.0. The summed E-state index contributed by atoms with van der Waals surface area (Å²) in [6.07, 6.45) is 1.71. The average molecular weight is 333 g/mol. The second-order valence-electron chi connectivity index (χ2n) is 5.32. The van der Waals surface area contributed by atoms with Crippen molar-refractivity contribution in [1.82, 2.24) is 15.2 Å². The Hall–Kier alpha value is -1.98. The van der Waals surface area contributed by atoms with E-state index in [1.165, 1.54) is 6.07 Å². The molecule has 0 aliphatic carbocycles. The molecule has 1 aliphatic rings. The van der Waals surface area contributed by atoms with Crippen LogP contribution in [0.2, 0.25) is 5.02 Å². The van der Waals surface area contributed by atoms with Crippen LogP contribution in [0, 0.1) is 5.82 Å². The van der Waals surface area contributed by atoms with Gasteiger partial charge < -0.3 is 10.2 Å². The molecule has 1 saturated heterocycles. The second-order valence-corrected chi connectivity index (χ2v) is 5.73. The van der Waals surface area contributed by atoms with Crippen LogP contribution in [0.4, 0.5) is 4.39 Å². The van der Waals surface area contributed by atoms with Crippen LogP contribution < -0.4 is 5.32 Å². The van der Waals surface area contributed by atoms with Gasteiger partial charge in [0.05, 0.1) is 10.7 Å². The number of aliphatic imine (C=N–C) groups is 1. The molecular formula is C17H18ClFN4. The minimum absolute atomic E-state index is 0.332. The van der Waals surface area contributed by atoms with Crippen LogP contribution in [-0.2, 0) is 0 Å². The van der Waals surface area contributed by atoms with Crippen molar-refractivity contribution in [2.75, 3.05) is 33.2 Å². The fourth-order valence-corrected chi connectivity index (χ4v) is 3.01. The molecule has 1 N–H and O–H groups in total. The first kappa shape index (κ1) is 15.9. The summed E-state index contributed by atoms with van der Waals surface area (Å²) in [6, 6.07) is 8.30. The molecule has 0 amide bonds. The first-order valence-corrected chi connectivity index (χ1v) is 7.92. The summed E-state index contributed by atoms with van der Waals surface area (Å²) in [5.41, 5.74) is 1.70. The van der Waals surface area contributed by atoms with Gasteiger partial charge in [-0.1, -0.05) is 23.7 Å². The predicted molar refractivity (Wildman–Crippen MR) is 91.5 cm³/mol. The molecule has 23 heavy (non-hydrogen) atoms. The molecule has 120 valence electrons. The number of hydrogen-bond acceptors (Lipinski definition) is 3. The molecule has 1 aliphatic heterocycles. The highest BCUT2D eigenvalue weighted by atomic mass is 35.5. The van der Waals surface area contributed by atoms with Gasteiger partial charge >= 0.3 is 0 Å². The highest BCUT2D eigenvalue weighted by Gasteiger charge is 2.18. The molecule has 2 aromatic rings. The predicted octanol–water partition coefficient (Wildman–Crippen LogP) is 2.82. The number of pyridine rings is 1. The van der Waals surface area contributed by atoms with Crippen LogP contribution in [0.25, 0.3) is 11.3 Å². The van der Waals surface area contributed by atoms with E-state index in [-0.39, 0.29) is 5.82 Å². The Morgan fingerprint density at radius 2 is 2.04 bits per heavy atom. The largest absolute Gasteiger partial charge is 0.354 e. The van der Waals surface area contributed by atoms with E-state index >= 15 is 0 Å². The fourth-order valence-electron chi connectivity index (χ4n) is 2.74. The molecular weight excluding hydrogens is 315 g/mol.